The molecule has 2 amide bonds. The fraction of sp³-hybridized carbons (Fsp3) is 0.533. The van der Waals surface area contributed by atoms with Crippen LogP contribution in [0.3, 0.4) is 0 Å². The summed E-state index contributed by atoms with van der Waals surface area (Å²) in [5.74, 6) is 0.154. The standard InChI is InChI=1S/C30H41N5O4/c1-20(36)34-11-7-24(8-12-34)33-25-13-22(14-26(17-25)35-9-3-2-4-10-35)30(39)32-19-29(38)28-16-21-5-6-27(37)15-23(21)18-31-28/h5-6,13-15,17,24,28-29,31,33,37-38H,2-4,7-12,16,18-19H2,1H3,(H,32,39)/t28-,29?/m0/s1. The zero-order valence-corrected chi connectivity index (χ0v) is 22.8. The number of aromatic hydroxyl groups is 1. The monoisotopic (exact) mass is 535 g/mol. The van der Waals surface area contributed by atoms with Crippen molar-refractivity contribution in [3.63, 3.8) is 0 Å². The molecule has 0 spiro atoms. The molecule has 2 aromatic rings. The van der Waals surface area contributed by atoms with Crippen LogP contribution >= 0.6 is 0 Å². The van der Waals surface area contributed by atoms with Gasteiger partial charge in [-0.25, -0.2) is 0 Å². The minimum absolute atomic E-state index is 0.119. The van der Waals surface area contributed by atoms with Crippen LogP contribution in [0.15, 0.2) is 36.4 Å². The maximum atomic E-state index is 13.3. The molecule has 39 heavy (non-hydrogen) atoms. The first kappa shape index (κ1) is 27.3. The van der Waals surface area contributed by atoms with E-state index < -0.39 is 6.10 Å². The molecule has 0 saturated carbocycles. The molecule has 9 heteroatoms. The van der Waals surface area contributed by atoms with Gasteiger partial charge in [0, 0.05) is 75.2 Å². The van der Waals surface area contributed by atoms with Gasteiger partial charge in [0.05, 0.1) is 6.10 Å². The third-order valence-corrected chi connectivity index (χ3v) is 8.33. The van der Waals surface area contributed by atoms with Crippen LogP contribution in [0.25, 0.3) is 0 Å². The second-order valence-electron chi connectivity index (χ2n) is 11.2. The molecule has 0 radical (unpaired) electrons. The highest BCUT2D eigenvalue weighted by Gasteiger charge is 2.26. The average Bonchev–Trinajstić information content (AvgIpc) is 2.96. The smallest absolute Gasteiger partial charge is 0.251 e. The number of rotatable bonds is 7. The summed E-state index contributed by atoms with van der Waals surface area (Å²) in [5, 5.41) is 30.5. The summed E-state index contributed by atoms with van der Waals surface area (Å²) in [6, 6.07) is 11.4. The fourth-order valence-electron chi connectivity index (χ4n) is 5.97. The molecule has 2 aromatic carbocycles. The van der Waals surface area contributed by atoms with E-state index in [4.69, 9.17) is 0 Å². The van der Waals surface area contributed by atoms with Crippen molar-refractivity contribution in [3.05, 3.63) is 53.1 Å². The number of benzene rings is 2. The summed E-state index contributed by atoms with van der Waals surface area (Å²) < 4.78 is 0. The Morgan fingerprint density at radius 1 is 1.03 bits per heavy atom. The van der Waals surface area contributed by atoms with Gasteiger partial charge in [0.2, 0.25) is 5.91 Å². The number of piperidine rings is 2. The topological polar surface area (TPSA) is 117 Å². The number of nitrogens with one attached hydrogen (secondary N) is 3. The zero-order valence-electron chi connectivity index (χ0n) is 22.8. The van der Waals surface area contributed by atoms with Crippen molar-refractivity contribution in [3.8, 4) is 5.75 Å². The van der Waals surface area contributed by atoms with E-state index in [0.29, 0.717) is 18.5 Å². The van der Waals surface area contributed by atoms with Gasteiger partial charge in [0.15, 0.2) is 0 Å². The lowest BCUT2D eigenvalue weighted by Crippen LogP contribution is -2.49. The molecule has 5 rings (SSSR count). The summed E-state index contributed by atoms with van der Waals surface area (Å²) in [4.78, 5) is 29.2. The van der Waals surface area contributed by atoms with Crippen molar-refractivity contribution in [2.24, 2.45) is 0 Å². The van der Waals surface area contributed by atoms with E-state index in [1.54, 1.807) is 19.1 Å². The Labute approximate surface area is 230 Å². The van der Waals surface area contributed by atoms with E-state index in [2.05, 4.69) is 26.9 Å². The normalized spacial score (nSPS) is 20.7. The van der Waals surface area contributed by atoms with Gasteiger partial charge in [-0.2, -0.15) is 0 Å². The summed E-state index contributed by atoms with van der Waals surface area (Å²) in [5.41, 5.74) is 4.66. The van der Waals surface area contributed by atoms with Crippen LogP contribution in [0.1, 0.15) is 60.5 Å². The Morgan fingerprint density at radius 2 is 1.79 bits per heavy atom. The molecular weight excluding hydrogens is 494 g/mol. The Bertz CT molecular complexity index is 1170. The number of nitrogens with zero attached hydrogens (tertiary/aromatic N) is 2. The van der Waals surface area contributed by atoms with E-state index >= 15 is 0 Å². The average molecular weight is 536 g/mol. The van der Waals surface area contributed by atoms with Crippen LogP contribution in [0, 0.1) is 0 Å². The Balaban J connectivity index is 1.24. The van der Waals surface area contributed by atoms with E-state index in [0.717, 1.165) is 74.4 Å². The van der Waals surface area contributed by atoms with Crippen LogP contribution < -0.4 is 20.9 Å². The number of phenolic OH excluding ortho intramolecular Hbond substituents is 1. The first-order chi connectivity index (χ1) is 18.9. The second-order valence-corrected chi connectivity index (χ2v) is 11.2. The number of carbonyl (C=O) groups excluding carboxylic acids is 2. The highest BCUT2D eigenvalue weighted by atomic mass is 16.3. The molecule has 210 valence electrons. The highest BCUT2D eigenvalue weighted by Crippen LogP contribution is 2.28. The Hall–Kier alpha value is -3.30. The molecule has 3 aliphatic heterocycles. The number of likely N-dealkylation sites (tertiary alicyclic amines) is 1. The van der Waals surface area contributed by atoms with Gasteiger partial charge in [-0.1, -0.05) is 6.07 Å². The lowest BCUT2D eigenvalue weighted by molar-refractivity contribution is -0.129. The lowest BCUT2D eigenvalue weighted by atomic mass is 9.92. The first-order valence-electron chi connectivity index (χ1n) is 14.3. The molecule has 3 heterocycles. The Kier molecular flexibility index (Phi) is 8.57. The first-order valence-corrected chi connectivity index (χ1v) is 14.3. The molecule has 3 aliphatic rings. The van der Waals surface area contributed by atoms with Crippen molar-refractivity contribution < 1.29 is 19.8 Å². The van der Waals surface area contributed by atoms with Crippen molar-refractivity contribution >= 4 is 23.2 Å². The van der Waals surface area contributed by atoms with E-state index in [9.17, 15) is 19.8 Å². The third-order valence-electron chi connectivity index (χ3n) is 8.33. The third kappa shape index (κ3) is 6.83. The molecular formula is C30H41N5O4. The lowest BCUT2D eigenvalue weighted by Gasteiger charge is -2.33. The molecule has 2 fully saturated rings. The van der Waals surface area contributed by atoms with Gasteiger partial charge >= 0.3 is 0 Å². The number of amides is 2. The van der Waals surface area contributed by atoms with E-state index in [1.807, 2.05) is 23.1 Å². The van der Waals surface area contributed by atoms with Crippen molar-refractivity contribution in [2.45, 2.75) is 70.2 Å². The number of hydrogen-bond donors (Lipinski definition) is 5. The number of phenols is 1. The van der Waals surface area contributed by atoms with Crippen LogP contribution in [0.2, 0.25) is 0 Å². The molecule has 1 unspecified atom stereocenters. The molecule has 5 N–H and O–H groups in total. The second kappa shape index (κ2) is 12.3. The summed E-state index contributed by atoms with van der Waals surface area (Å²) in [7, 11) is 0. The largest absolute Gasteiger partial charge is 0.508 e. The minimum Gasteiger partial charge on any atom is -0.508 e. The van der Waals surface area contributed by atoms with Crippen LogP contribution in [0.5, 0.6) is 5.75 Å². The van der Waals surface area contributed by atoms with E-state index in [-0.39, 0.29) is 36.2 Å². The number of anilines is 2. The number of carbonyl (C=O) groups is 2. The van der Waals surface area contributed by atoms with Gasteiger partial charge in [0.25, 0.3) is 5.91 Å². The van der Waals surface area contributed by atoms with Crippen LogP contribution in [-0.4, -0.2) is 77.8 Å². The maximum absolute atomic E-state index is 13.3. The van der Waals surface area contributed by atoms with Gasteiger partial charge < -0.3 is 36.0 Å². The number of aliphatic hydroxyl groups is 1. The zero-order chi connectivity index (χ0) is 27.4. The highest BCUT2D eigenvalue weighted by molar-refractivity contribution is 5.96. The van der Waals surface area contributed by atoms with Gasteiger partial charge in [0.1, 0.15) is 5.75 Å². The Morgan fingerprint density at radius 3 is 2.54 bits per heavy atom. The predicted octanol–water partition coefficient (Wildman–Crippen LogP) is 2.61. The minimum atomic E-state index is -0.745. The molecule has 2 saturated heterocycles. The summed E-state index contributed by atoms with van der Waals surface area (Å²) in [6.45, 7) is 5.77. The molecule has 2 atom stereocenters. The van der Waals surface area contributed by atoms with Gasteiger partial charge in [-0.15, -0.1) is 0 Å². The molecule has 0 bridgehead atoms. The van der Waals surface area contributed by atoms with Crippen LogP contribution in [-0.2, 0) is 17.8 Å². The SMILES string of the molecule is CC(=O)N1CCC(Nc2cc(C(=O)NCC(O)[C@@H]3Cc4ccc(O)cc4CN3)cc(N3CCCCC3)c2)CC1. The van der Waals surface area contributed by atoms with E-state index in [1.165, 1.54) is 6.42 Å². The summed E-state index contributed by atoms with van der Waals surface area (Å²) in [6.07, 6.45) is 5.16. The number of aliphatic hydroxyl groups excluding tert-OH is 1. The van der Waals surface area contributed by atoms with Crippen LogP contribution in [0.4, 0.5) is 11.4 Å². The molecule has 0 aliphatic carbocycles. The quantitative estimate of drug-likeness (QED) is 0.370. The number of fused-ring (bicyclic) bond motifs is 1. The maximum Gasteiger partial charge on any atom is 0.251 e. The van der Waals surface area contributed by atoms with Crippen molar-refractivity contribution in [2.75, 3.05) is 42.9 Å². The number of hydrogen-bond acceptors (Lipinski definition) is 7. The summed E-state index contributed by atoms with van der Waals surface area (Å²) >= 11 is 0. The van der Waals surface area contributed by atoms with Gasteiger partial charge in [-0.3, -0.25) is 9.59 Å². The molecule has 9 nitrogen and oxygen atoms in total. The van der Waals surface area contributed by atoms with Crippen molar-refractivity contribution in [1.82, 2.24) is 15.5 Å². The van der Waals surface area contributed by atoms with Gasteiger partial charge in [-0.05, 0) is 80.0 Å². The molecule has 0 aromatic heterocycles. The predicted molar refractivity (Wildman–Crippen MR) is 152 cm³/mol. The fourth-order valence-corrected chi connectivity index (χ4v) is 5.97. The van der Waals surface area contributed by atoms with Crippen molar-refractivity contribution in [1.29, 1.82) is 0 Å².